The second-order valence-electron chi connectivity index (χ2n) is 5.57. The van der Waals surface area contributed by atoms with Gasteiger partial charge in [0.2, 0.25) is 0 Å². The number of primary amides is 1. The Bertz CT molecular complexity index is 739. The topological polar surface area (TPSA) is 93.1 Å². The Morgan fingerprint density at radius 3 is 2.72 bits per heavy atom. The number of nitrogens with zero attached hydrogens (tertiary/aromatic N) is 2. The summed E-state index contributed by atoms with van der Waals surface area (Å²) in [6, 6.07) is 11.2. The lowest BCUT2D eigenvalue weighted by atomic mass is 10.2. The van der Waals surface area contributed by atoms with Crippen LogP contribution in [0.5, 0.6) is 5.75 Å². The number of guanidine groups is 1. The van der Waals surface area contributed by atoms with Gasteiger partial charge in [0.25, 0.3) is 5.91 Å². The maximum atomic E-state index is 11.0. The SMILES string of the molecule is CN=C(NCc1ccc(C(N)=O)o1)N(C)CCOc1ccccc1C. The van der Waals surface area contributed by atoms with Gasteiger partial charge in [0.05, 0.1) is 13.1 Å². The van der Waals surface area contributed by atoms with Crippen LogP contribution in [0.15, 0.2) is 45.8 Å². The highest BCUT2D eigenvalue weighted by atomic mass is 16.5. The van der Waals surface area contributed by atoms with E-state index in [-0.39, 0.29) is 5.76 Å². The summed E-state index contributed by atoms with van der Waals surface area (Å²) < 4.78 is 11.1. The van der Waals surface area contributed by atoms with E-state index < -0.39 is 5.91 Å². The predicted octanol–water partition coefficient (Wildman–Crippen LogP) is 1.77. The van der Waals surface area contributed by atoms with Crippen molar-refractivity contribution >= 4 is 11.9 Å². The van der Waals surface area contributed by atoms with E-state index in [9.17, 15) is 4.79 Å². The predicted molar refractivity (Wildman–Crippen MR) is 96.7 cm³/mol. The molecule has 0 spiro atoms. The third-order valence-electron chi connectivity index (χ3n) is 3.68. The largest absolute Gasteiger partial charge is 0.491 e. The number of hydrogen-bond donors (Lipinski definition) is 2. The van der Waals surface area contributed by atoms with Crippen LogP contribution < -0.4 is 15.8 Å². The van der Waals surface area contributed by atoms with Gasteiger partial charge in [-0.3, -0.25) is 9.79 Å². The van der Waals surface area contributed by atoms with Crippen LogP contribution >= 0.6 is 0 Å². The summed E-state index contributed by atoms with van der Waals surface area (Å²) in [5, 5.41) is 3.17. The van der Waals surface area contributed by atoms with Crippen LogP contribution in [0.1, 0.15) is 21.9 Å². The molecule has 0 aliphatic carbocycles. The average molecular weight is 344 g/mol. The summed E-state index contributed by atoms with van der Waals surface area (Å²) in [6.07, 6.45) is 0. The van der Waals surface area contributed by atoms with E-state index >= 15 is 0 Å². The van der Waals surface area contributed by atoms with Crippen molar-refractivity contribution in [2.75, 3.05) is 27.2 Å². The quantitative estimate of drug-likeness (QED) is 0.590. The molecular weight excluding hydrogens is 320 g/mol. The molecule has 0 saturated heterocycles. The number of aliphatic imine (C=N–C) groups is 1. The number of likely N-dealkylation sites (N-methyl/N-ethyl adjacent to an activating group) is 1. The number of furan rings is 1. The van der Waals surface area contributed by atoms with Crippen molar-refractivity contribution < 1.29 is 13.9 Å². The number of ether oxygens (including phenoxy) is 1. The molecule has 2 aromatic rings. The smallest absolute Gasteiger partial charge is 0.284 e. The Morgan fingerprint density at radius 1 is 1.32 bits per heavy atom. The molecule has 7 nitrogen and oxygen atoms in total. The molecule has 25 heavy (non-hydrogen) atoms. The van der Waals surface area contributed by atoms with E-state index in [1.165, 1.54) is 0 Å². The second-order valence-corrected chi connectivity index (χ2v) is 5.57. The average Bonchev–Trinajstić information content (AvgIpc) is 3.06. The zero-order valence-corrected chi connectivity index (χ0v) is 14.8. The molecule has 1 aromatic carbocycles. The van der Waals surface area contributed by atoms with Gasteiger partial charge in [0.15, 0.2) is 11.7 Å². The molecule has 1 heterocycles. The first-order valence-corrected chi connectivity index (χ1v) is 8.00. The summed E-state index contributed by atoms with van der Waals surface area (Å²) >= 11 is 0. The molecule has 3 N–H and O–H groups in total. The zero-order valence-electron chi connectivity index (χ0n) is 14.8. The lowest BCUT2D eigenvalue weighted by Gasteiger charge is -2.22. The minimum atomic E-state index is -0.582. The fraction of sp³-hybridized carbons (Fsp3) is 0.333. The fourth-order valence-electron chi connectivity index (χ4n) is 2.27. The summed E-state index contributed by atoms with van der Waals surface area (Å²) in [5.41, 5.74) is 6.28. The molecule has 0 aliphatic heterocycles. The van der Waals surface area contributed by atoms with Crippen molar-refractivity contribution in [1.82, 2.24) is 10.2 Å². The molecule has 2 rings (SSSR count). The Hall–Kier alpha value is -2.96. The molecular formula is C18H24N4O3. The second kappa shape index (κ2) is 8.77. The van der Waals surface area contributed by atoms with Crippen LogP contribution in [0.2, 0.25) is 0 Å². The first-order valence-electron chi connectivity index (χ1n) is 8.00. The van der Waals surface area contributed by atoms with Crippen molar-refractivity contribution in [2.24, 2.45) is 10.7 Å². The molecule has 0 atom stereocenters. The number of para-hydroxylation sites is 1. The first-order chi connectivity index (χ1) is 12.0. The molecule has 0 radical (unpaired) electrons. The highest BCUT2D eigenvalue weighted by Crippen LogP contribution is 2.15. The Morgan fingerprint density at radius 2 is 2.08 bits per heavy atom. The van der Waals surface area contributed by atoms with Crippen molar-refractivity contribution in [1.29, 1.82) is 0 Å². The van der Waals surface area contributed by atoms with E-state index in [1.54, 1.807) is 19.2 Å². The molecule has 0 unspecified atom stereocenters. The monoisotopic (exact) mass is 344 g/mol. The van der Waals surface area contributed by atoms with E-state index in [0.717, 1.165) is 11.3 Å². The third kappa shape index (κ3) is 5.27. The first kappa shape index (κ1) is 18.4. The molecule has 1 amide bonds. The maximum Gasteiger partial charge on any atom is 0.284 e. The van der Waals surface area contributed by atoms with Crippen molar-refractivity contribution in [2.45, 2.75) is 13.5 Å². The number of carbonyl (C=O) groups excluding carboxylic acids is 1. The van der Waals surface area contributed by atoms with Gasteiger partial charge in [-0.15, -0.1) is 0 Å². The van der Waals surface area contributed by atoms with Gasteiger partial charge in [-0.2, -0.15) is 0 Å². The highest BCUT2D eigenvalue weighted by molar-refractivity contribution is 5.89. The fourth-order valence-corrected chi connectivity index (χ4v) is 2.27. The van der Waals surface area contributed by atoms with Crippen LogP contribution in [0, 0.1) is 6.92 Å². The number of amides is 1. The van der Waals surface area contributed by atoms with Crippen molar-refractivity contribution in [3.63, 3.8) is 0 Å². The molecule has 7 heteroatoms. The molecule has 1 aromatic heterocycles. The Balaban J connectivity index is 1.81. The minimum Gasteiger partial charge on any atom is -0.491 e. The lowest BCUT2D eigenvalue weighted by Crippen LogP contribution is -2.40. The Kier molecular flexibility index (Phi) is 6.45. The maximum absolute atomic E-state index is 11.0. The number of rotatable bonds is 7. The third-order valence-corrected chi connectivity index (χ3v) is 3.68. The lowest BCUT2D eigenvalue weighted by molar-refractivity contribution is 0.0972. The standard InChI is InChI=1S/C18H24N4O3/c1-13-6-4-5-7-15(13)24-11-10-22(3)18(20-2)21-12-14-8-9-16(25-14)17(19)23/h4-9H,10-12H2,1-3H3,(H2,19,23)(H,20,21). The minimum absolute atomic E-state index is 0.145. The van der Waals surface area contributed by atoms with E-state index in [0.29, 0.717) is 31.4 Å². The van der Waals surface area contributed by atoms with Gasteiger partial charge >= 0.3 is 0 Å². The van der Waals surface area contributed by atoms with Gasteiger partial charge in [0, 0.05) is 14.1 Å². The normalized spacial score (nSPS) is 11.2. The van der Waals surface area contributed by atoms with Gasteiger partial charge in [-0.1, -0.05) is 18.2 Å². The number of hydrogen-bond acceptors (Lipinski definition) is 4. The van der Waals surface area contributed by atoms with E-state index in [1.807, 2.05) is 43.1 Å². The van der Waals surface area contributed by atoms with Crippen LogP contribution in [-0.4, -0.2) is 44.0 Å². The van der Waals surface area contributed by atoms with Gasteiger partial charge in [-0.25, -0.2) is 0 Å². The van der Waals surface area contributed by atoms with Crippen molar-refractivity contribution in [3.8, 4) is 5.75 Å². The van der Waals surface area contributed by atoms with Crippen LogP contribution in [-0.2, 0) is 6.54 Å². The molecule has 0 aliphatic rings. The van der Waals surface area contributed by atoms with Gasteiger partial charge in [-0.05, 0) is 30.7 Å². The van der Waals surface area contributed by atoms with Crippen LogP contribution in [0.3, 0.4) is 0 Å². The zero-order chi connectivity index (χ0) is 18.2. The van der Waals surface area contributed by atoms with Gasteiger partial charge < -0.3 is 25.1 Å². The molecule has 0 saturated carbocycles. The number of benzene rings is 1. The van der Waals surface area contributed by atoms with Gasteiger partial charge in [0.1, 0.15) is 18.1 Å². The summed E-state index contributed by atoms with van der Waals surface area (Å²) in [4.78, 5) is 17.2. The van der Waals surface area contributed by atoms with Crippen LogP contribution in [0.25, 0.3) is 0 Å². The molecule has 134 valence electrons. The summed E-state index contributed by atoms with van der Waals surface area (Å²) in [6.45, 7) is 3.62. The van der Waals surface area contributed by atoms with Crippen LogP contribution in [0.4, 0.5) is 0 Å². The number of nitrogens with one attached hydrogen (secondary N) is 1. The van der Waals surface area contributed by atoms with E-state index in [2.05, 4.69) is 10.3 Å². The van der Waals surface area contributed by atoms with E-state index in [4.69, 9.17) is 14.9 Å². The summed E-state index contributed by atoms with van der Waals surface area (Å²) in [5.74, 6) is 1.76. The Labute approximate surface area is 147 Å². The summed E-state index contributed by atoms with van der Waals surface area (Å²) in [7, 11) is 3.63. The van der Waals surface area contributed by atoms with Crippen molar-refractivity contribution in [3.05, 3.63) is 53.5 Å². The number of nitrogens with two attached hydrogens (primary N) is 1. The molecule has 0 fully saturated rings. The number of carbonyl (C=O) groups is 1. The number of aryl methyl sites for hydroxylation is 1. The highest BCUT2D eigenvalue weighted by Gasteiger charge is 2.10. The molecule has 0 bridgehead atoms.